The number of hydrogen-bond acceptors (Lipinski definition) is 2. The Bertz CT molecular complexity index is 58.3. The lowest BCUT2D eigenvalue weighted by molar-refractivity contribution is 0.402. The maximum Gasteiger partial charge on any atom is -0.00464 e. The van der Waals surface area contributed by atoms with Crippen molar-refractivity contribution >= 4 is 0 Å². The molecule has 0 atom stereocenters. The Morgan fingerprint density at radius 3 is 1.80 bits per heavy atom. The van der Waals surface area contributed by atoms with Crippen molar-refractivity contribution < 1.29 is 0 Å². The summed E-state index contributed by atoms with van der Waals surface area (Å²) in [5, 5.41) is 6.07. The van der Waals surface area contributed by atoms with Crippen LogP contribution in [-0.2, 0) is 0 Å². The number of piperidine rings is 1. The SMILES string of the molecule is CC1CCNCC1.CNC. The highest BCUT2D eigenvalue weighted by Crippen LogP contribution is 2.08. The van der Waals surface area contributed by atoms with E-state index in [4.69, 9.17) is 0 Å². The minimum absolute atomic E-state index is 0.973. The van der Waals surface area contributed by atoms with Crippen LogP contribution in [0.2, 0.25) is 0 Å². The first-order valence-electron chi connectivity index (χ1n) is 4.10. The molecule has 0 saturated carbocycles. The lowest BCUT2D eigenvalue weighted by Crippen LogP contribution is -2.26. The highest BCUT2D eigenvalue weighted by Gasteiger charge is 2.04. The Kier molecular flexibility index (Phi) is 6.98. The predicted molar refractivity (Wildman–Crippen MR) is 46.3 cm³/mol. The van der Waals surface area contributed by atoms with Crippen molar-refractivity contribution in [2.45, 2.75) is 19.8 Å². The molecule has 1 rings (SSSR count). The van der Waals surface area contributed by atoms with E-state index in [0.29, 0.717) is 0 Å². The van der Waals surface area contributed by atoms with Gasteiger partial charge in [0.1, 0.15) is 0 Å². The van der Waals surface area contributed by atoms with E-state index in [2.05, 4.69) is 17.6 Å². The standard InChI is InChI=1S/C6H13N.C2H7N/c1-6-2-4-7-5-3-6;1-3-2/h6-7H,2-5H2,1H3;3H,1-2H3. The fourth-order valence-corrected chi connectivity index (χ4v) is 0.966. The fraction of sp³-hybridized carbons (Fsp3) is 1.00. The van der Waals surface area contributed by atoms with E-state index in [-0.39, 0.29) is 0 Å². The van der Waals surface area contributed by atoms with Crippen molar-refractivity contribution in [2.24, 2.45) is 5.92 Å². The maximum absolute atomic E-state index is 3.32. The second-order valence-electron chi connectivity index (χ2n) is 2.93. The van der Waals surface area contributed by atoms with Gasteiger partial charge in [-0.1, -0.05) is 6.92 Å². The van der Waals surface area contributed by atoms with Gasteiger partial charge >= 0.3 is 0 Å². The summed E-state index contributed by atoms with van der Waals surface area (Å²) in [7, 11) is 3.75. The normalized spacial score (nSPS) is 19.5. The van der Waals surface area contributed by atoms with Crippen molar-refractivity contribution in [3.8, 4) is 0 Å². The Morgan fingerprint density at radius 2 is 1.60 bits per heavy atom. The Balaban J connectivity index is 0.000000236. The van der Waals surface area contributed by atoms with Crippen molar-refractivity contribution in [2.75, 3.05) is 27.2 Å². The Hall–Kier alpha value is -0.0800. The van der Waals surface area contributed by atoms with Crippen molar-refractivity contribution in [1.82, 2.24) is 10.6 Å². The van der Waals surface area contributed by atoms with Gasteiger partial charge in [0.05, 0.1) is 0 Å². The zero-order valence-corrected chi connectivity index (χ0v) is 7.41. The summed E-state index contributed by atoms with van der Waals surface area (Å²) in [6.45, 7) is 4.79. The average molecular weight is 144 g/mol. The van der Waals surface area contributed by atoms with E-state index in [1.165, 1.54) is 25.9 Å². The van der Waals surface area contributed by atoms with Crippen LogP contribution in [0, 0.1) is 5.92 Å². The third-order valence-corrected chi connectivity index (χ3v) is 1.63. The van der Waals surface area contributed by atoms with Crippen molar-refractivity contribution in [3.63, 3.8) is 0 Å². The molecule has 0 aromatic rings. The van der Waals surface area contributed by atoms with Gasteiger partial charge in [0.2, 0.25) is 0 Å². The molecule has 2 N–H and O–H groups in total. The predicted octanol–water partition coefficient (Wildman–Crippen LogP) is 0.841. The molecule has 1 aliphatic heterocycles. The van der Waals surface area contributed by atoms with E-state index >= 15 is 0 Å². The first-order valence-corrected chi connectivity index (χ1v) is 4.10. The first kappa shape index (κ1) is 9.92. The van der Waals surface area contributed by atoms with Crippen LogP contribution in [0.3, 0.4) is 0 Å². The molecular formula is C8H20N2. The van der Waals surface area contributed by atoms with E-state index in [9.17, 15) is 0 Å². The molecule has 0 unspecified atom stereocenters. The molecule has 0 amide bonds. The van der Waals surface area contributed by atoms with E-state index in [0.717, 1.165) is 5.92 Å². The summed E-state index contributed by atoms with van der Waals surface area (Å²) in [6.07, 6.45) is 2.75. The van der Waals surface area contributed by atoms with Gasteiger partial charge in [0, 0.05) is 0 Å². The highest BCUT2D eigenvalue weighted by molar-refractivity contribution is 4.62. The molecule has 1 fully saturated rings. The summed E-state index contributed by atoms with van der Waals surface area (Å²) in [6, 6.07) is 0. The number of rotatable bonds is 0. The summed E-state index contributed by atoms with van der Waals surface area (Å²) in [5.41, 5.74) is 0. The molecule has 1 heterocycles. The molecule has 0 bridgehead atoms. The molecule has 1 saturated heterocycles. The summed E-state index contributed by atoms with van der Waals surface area (Å²) in [5.74, 6) is 0.973. The van der Waals surface area contributed by atoms with Crippen LogP contribution in [0.4, 0.5) is 0 Å². The third kappa shape index (κ3) is 6.05. The lowest BCUT2D eigenvalue weighted by atomic mass is 10.0. The van der Waals surface area contributed by atoms with Crippen LogP contribution in [0.5, 0.6) is 0 Å². The van der Waals surface area contributed by atoms with E-state index < -0.39 is 0 Å². The zero-order chi connectivity index (χ0) is 7.82. The van der Waals surface area contributed by atoms with Crippen LogP contribution < -0.4 is 10.6 Å². The van der Waals surface area contributed by atoms with Crippen molar-refractivity contribution in [3.05, 3.63) is 0 Å². The van der Waals surface area contributed by atoms with Gasteiger partial charge in [-0.15, -0.1) is 0 Å². The van der Waals surface area contributed by atoms with Gasteiger partial charge in [-0.25, -0.2) is 0 Å². The van der Waals surface area contributed by atoms with Gasteiger partial charge < -0.3 is 10.6 Å². The van der Waals surface area contributed by atoms with Crippen molar-refractivity contribution in [1.29, 1.82) is 0 Å². The first-order chi connectivity index (χ1) is 4.81. The quantitative estimate of drug-likeness (QED) is 0.526. The van der Waals surface area contributed by atoms with Gasteiger partial charge in [-0.2, -0.15) is 0 Å². The van der Waals surface area contributed by atoms with Crippen LogP contribution in [0.25, 0.3) is 0 Å². The molecule has 62 valence electrons. The van der Waals surface area contributed by atoms with Crippen LogP contribution in [-0.4, -0.2) is 27.2 Å². The van der Waals surface area contributed by atoms with Crippen LogP contribution in [0.15, 0.2) is 0 Å². The van der Waals surface area contributed by atoms with E-state index in [1.54, 1.807) is 0 Å². The molecule has 0 aliphatic carbocycles. The highest BCUT2D eigenvalue weighted by atomic mass is 14.9. The molecular weight excluding hydrogens is 124 g/mol. The lowest BCUT2D eigenvalue weighted by Gasteiger charge is -2.17. The van der Waals surface area contributed by atoms with Crippen LogP contribution in [0.1, 0.15) is 19.8 Å². The average Bonchev–Trinajstić information content (AvgIpc) is 1.91. The second kappa shape index (κ2) is 7.03. The molecule has 0 radical (unpaired) electrons. The molecule has 10 heavy (non-hydrogen) atoms. The monoisotopic (exact) mass is 144 g/mol. The molecule has 0 spiro atoms. The fourth-order valence-electron chi connectivity index (χ4n) is 0.966. The zero-order valence-electron chi connectivity index (χ0n) is 7.41. The van der Waals surface area contributed by atoms with Gasteiger partial charge in [-0.05, 0) is 45.9 Å². The minimum Gasteiger partial charge on any atom is -0.323 e. The molecule has 2 nitrogen and oxygen atoms in total. The smallest absolute Gasteiger partial charge is 0.00464 e. The topological polar surface area (TPSA) is 24.1 Å². The largest absolute Gasteiger partial charge is 0.323 e. The maximum atomic E-state index is 3.32. The number of hydrogen-bond donors (Lipinski definition) is 2. The molecule has 0 aromatic heterocycles. The van der Waals surface area contributed by atoms with Crippen LogP contribution >= 0.6 is 0 Å². The summed E-state index contributed by atoms with van der Waals surface area (Å²) < 4.78 is 0. The minimum atomic E-state index is 0.973. The summed E-state index contributed by atoms with van der Waals surface area (Å²) >= 11 is 0. The molecule has 2 heteroatoms. The second-order valence-corrected chi connectivity index (χ2v) is 2.93. The van der Waals surface area contributed by atoms with Gasteiger partial charge in [0.25, 0.3) is 0 Å². The molecule has 1 aliphatic rings. The Labute approximate surface area is 64.4 Å². The van der Waals surface area contributed by atoms with Gasteiger partial charge in [0.15, 0.2) is 0 Å². The third-order valence-electron chi connectivity index (χ3n) is 1.63. The summed E-state index contributed by atoms with van der Waals surface area (Å²) in [4.78, 5) is 0. The Morgan fingerprint density at radius 1 is 1.20 bits per heavy atom. The van der Waals surface area contributed by atoms with Gasteiger partial charge in [-0.3, -0.25) is 0 Å². The number of nitrogens with one attached hydrogen (secondary N) is 2. The molecule has 0 aromatic carbocycles. The van der Waals surface area contributed by atoms with E-state index in [1.807, 2.05) is 14.1 Å².